The van der Waals surface area contributed by atoms with Gasteiger partial charge in [0.1, 0.15) is 5.82 Å². The van der Waals surface area contributed by atoms with Gasteiger partial charge in [0.15, 0.2) is 11.2 Å². The standard InChI is InChI=1S/C19H23FN6O4/c1-11(2)30-10-14(27)9-26-15-16(25(3)19(29)23-17(15)28)22-18(26)24-21-8-12-4-6-13(20)7-5-12/h4-8,11,14,27H,9-10H2,1-3H3,(H,22,24)(H,23,28,29)/b21-8+/t14-/m1/s1. The lowest BCUT2D eigenvalue weighted by atomic mass is 10.2. The third-order valence-electron chi connectivity index (χ3n) is 4.27. The fourth-order valence-electron chi connectivity index (χ4n) is 2.78. The molecule has 10 nitrogen and oxygen atoms in total. The Kier molecular flexibility index (Phi) is 6.43. The number of hydrogen-bond acceptors (Lipinski definition) is 7. The number of anilines is 1. The van der Waals surface area contributed by atoms with Crippen LogP contribution in [0.3, 0.4) is 0 Å². The monoisotopic (exact) mass is 418 g/mol. The molecule has 0 fully saturated rings. The second-order valence-corrected chi connectivity index (χ2v) is 6.99. The van der Waals surface area contributed by atoms with Gasteiger partial charge in [0.05, 0.1) is 31.6 Å². The molecule has 1 atom stereocenters. The minimum atomic E-state index is -0.928. The molecule has 0 saturated carbocycles. The SMILES string of the molecule is CC(C)OC[C@H](O)Cn1c(N/N=C/c2ccc(F)cc2)nc2c1c(=O)[nH]c(=O)n2C. The molecule has 0 saturated heterocycles. The molecule has 3 rings (SSSR count). The number of fused-ring (bicyclic) bond motifs is 1. The predicted molar refractivity (Wildman–Crippen MR) is 110 cm³/mol. The molecule has 0 aliphatic rings. The van der Waals surface area contributed by atoms with Crippen molar-refractivity contribution >= 4 is 23.3 Å². The number of aromatic nitrogens is 4. The van der Waals surface area contributed by atoms with Crippen LogP contribution in [0.25, 0.3) is 11.2 Å². The lowest BCUT2D eigenvalue weighted by molar-refractivity contribution is -0.000105. The van der Waals surface area contributed by atoms with Crippen LogP contribution in [0, 0.1) is 5.82 Å². The van der Waals surface area contributed by atoms with Gasteiger partial charge in [0.2, 0.25) is 5.95 Å². The first kappa shape index (κ1) is 21.4. The maximum atomic E-state index is 13.0. The number of rotatable bonds is 8. The Morgan fingerprint density at radius 3 is 2.70 bits per heavy atom. The zero-order chi connectivity index (χ0) is 21.8. The van der Waals surface area contributed by atoms with Gasteiger partial charge in [-0.25, -0.2) is 14.6 Å². The number of nitrogens with one attached hydrogen (secondary N) is 2. The normalized spacial score (nSPS) is 12.9. The fraction of sp³-hybridized carbons (Fsp3) is 0.368. The lowest BCUT2D eigenvalue weighted by Gasteiger charge is -2.15. The van der Waals surface area contributed by atoms with Crippen molar-refractivity contribution in [2.24, 2.45) is 12.1 Å². The summed E-state index contributed by atoms with van der Waals surface area (Å²) < 4.78 is 21.1. The maximum absolute atomic E-state index is 13.0. The van der Waals surface area contributed by atoms with Crippen LogP contribution in [0.4, 0.5) is 10.3 Å². The summed E-state index contributed by atoms with van der Waals surface area (Å²) in [7, 11) is 1.47. The number of benzene rings is 1. The van der Waals surface area contributed by atoms with Crippen LogP contribution < -0.4 is 16.7 Å². The first-order valence-electron chi connectivity index (χ1n) is 9.30. The molecule has 0 spiro atoms. The average Bonchev–Trinajstić information content (AvgIpc) is 3.05. The van der Waals surface area contributed by atoms with Crippen LogP contribution in [0.5, 0.6) is 0 Å². The highest BCUT2D eigenvalue weighted by Gasteiger charge is 2.19. The summed E-state index contributed by atoms with van der Waals surface area (Å²) in [5.74, 6) is -0.210. The van der Waals surface area contributed by atoms with Crippen molar-refractivity contribution in [3.8, 4) is 0 Å². The van der Waals surface area contributed by atoms with E-state index in [-0.39, 0.29) is 42.2 Å². The predicted octanol–water partition coefficient (Wildman–Crippen LogP) is 0.794. The van der Waals surface area contributed by atoms with Crippen molar-refractivity contribution in [2.75, 3.05) is 12.0 Å². The smallest absolute Gasteiger partial charge is 0.329 e. The summed E-state index contributed by atoms with van der Waals surface area (Å²) >= 11 is 0. The van der Waals surface area contributed by atoms with Crippen LogP contribution in [-0.2, 0) is 18.3 Å². The Hall–Kier alpha value is -3.31. The van der Waals surface area contributed by atoms with E-state index in [4.69, 9.17) is 4.74 Å². The van der Waals surface area contributed by atoms with Crippen LogP contribution in [-0.4, -0.2) is 49.2 Å². The van der Waals surface area contributed by atoms with Crippen molar-refractivity contribution < 1.29 is 14.2 Å². The minimum absolute atomic E-state index is 0.0150. The van der Waals surface area contributed by atoms with E-state index in [2.05, 4.69) is 20.5 Å². The molecule has 2 heterocycles. The topological polar surface area (TPSA) is 127 Å². The Balaban J connectivity index is 1.96. The first-order chi connectivity index (χ1) is 14.3. The van der Waals surface area contributed by atoms with E-state index in [0.29, 0.717) is 5.56 Å². The lowest BCUT2D eigenvalue weighted by Crippen LogP contribution is -2.30. The van der Waals surface area contributed by atoms with E-state index in [9.17, 15) is 19.1 Å². The van der Waals surface area contributed by atoms with Crippen molar-refractivity contribution in [1.29, 1.82) is 0 Å². The molecule has 0 amide bonds. The highest BCUT2D eigenvalue weighted by atomic mass is 19.1. The van der Waals surface area contributed by atoms with Crippen LogP contribution >= 0.6 is 0 Å². The zero-order valence-corrected chi connectivity index (χ0v) is 16.8. The number of H-pyrrole nitrogens is 1. The number of aliphatic hydroxyl groups is 1. The van der Waals surface area contributed by atoms with Gasteiger partial charge in [-0.1, -0.05) is 12.1 Å². The number of hydrogen-bond donors (Lipinski definition) is 3. The van der Waals surface area contributed by atoms with Crippen molar-refractivity contribution in [3.63, 3.8) is 0 Å². The van der Waals surface area contributed by atoms with E-state index in [1.54, 1.807) is 12.1 Å². The largest absolute Gasteiger partial charge is 0.389 e. The molecule has 0 unspecified atom stereocenters. The Labute approximate surface area is 170 Å². The third-order valence-corrected chi connectivity index (χ3v) is 4.27. The second-order valence-electron chi connectivity index (χ2n) is 6.99. The molecule has 0 radical (unpaired) electrons. The van der Waals surface area contributed by atoms with Gasteiger partial charge in [-0.3, -0.25) is 14.3 Å². The number of hydrazone groups is 1. The Morgan fingerprint density at radius 2 is 2.03 bits per heavy atom. The van der Waals surface area contributed by atoms with Gasteiger partial charge in [0.25, 0.3) is 5.56 Å². The van der Waals surface area contributed by atoms with Gasteiger partial charge >= 0.3 is 5.69 Å². The molecular weight excluding hydrogens is 395 g/mol. The van der Waals surface area contributed by atoms with Crippen molar-refractivity contribution in [1.82, 2.24) is 19.1 Å². The molecule has 11 heteroatoms. The van der Waals surface area contributed by atoms with Gasteiger partial charge in [-0.2, -0.15) is 10.1 Å². The summed E-state index contributed by atoms with van der Waals surface area (Å²) in [5, 5.41) is 14.4. The van der Waals surface area contributed by atoms with Crippen molar-refractivity contribution in [2.45, 2.75) is 32.6 Å². The molecule has 1 aromatic carbocycles. The number of imidazole rings is 1. The average molecular weight is 418 g/mol. The van der Waals surface area contributed by atoms with E-state index < -0.39 is 17.4 Å². The molecule has 30 heavy (non-hydrogen) atoms. The maximum Gasteiger partial charge on any atom is 0.329 e. The van der Waals surface area contributed by atoms with Gasteiger partial charge < -0.3 is 14.4 Å². The number of halogens is 1. The molecule has 0 bridgehead atoms. The van der Waals surface area contributed by atoms with E-state index in [0.717, 1.165) is 0 Å². The molecule has 3 N–H and O–H groups in total. The second kappa shape index (κ2) is 9.01. The number of aliphatic hydroxyl groups excluding tert-OH is 1. The van der Waals surface area contributed by atoms with Gasteiger partial charge in [0, 0.05) is 7.05 Å². The van der Waals surface area contributed by atoms with Gasteiger partial charge in [-0.05, 0) is 31.5 Å². The van der Waals surface area contributed by atoms with E-state index in [1.165, 1.54) is 34.5 Å². The molecule has 160 valence electrons. The highest BCUT2D eigenvalue weighted by molar-refractivity contribution is 5.80. The summed E-state index contributed by atoms with van der Waals surface area (Å²) in [6.07, 6.45) is 0.453. The Morgan fingerprint density at radius 1 is 1.33 bits per heavy atom. The molecular formula is C19H23FN6O4. The number of nitrogens with zero attached hydrogens (tertiary/aromatic N) is 4. The van der Waals surface area contributed by atoms with Crippen LogP contribution in [0.2, 0.25) is 0 Å². The molecule has 2 aromatic heterocycles. The third kappa shape index (κ3) is 4.81. The quantitative estimate of drug-likeness (QED) is 0.367. The van der Waals surface area contributed by atoms with E-state index in [1.807, 2.05) is 13.8 Å². The fourth-order valence-corrected chi connectivity index (χ4v) is 2.78. The summed E-state index contributed by atoms with van der Waals surface area (Å²) in [6.45, 7) is 3.73. The molecule has 0 aliphatic carbocycles. The molecule has 0 aliphatic heterocycles. The first-order valence-corrected chi connectivity index (χ1v) is 9.30. The summed E-state index contributed by atoms with van der Waals surface area (Å²) in [6, 6.07) is 5.70. The highest BCUT2D eigenvalue weighted by Crippen LogP contribution is 2.16. The summed E-state index contributed by atoms with van der Waals surface area (Å²) in [5.41, 5.74) is 2.37. The zero-order valence-electron chi connectivity index (χ0n) is 16.8. The van der Waals surface area contributed by atoms with E-state index >= 15 is 0 Å². The molecule has 3 aromatic rings. The van der Waals surface area contributed by atoms with Crippen LogP contribution in [0.15, 0.2) is 39.0 Å². The number of aromatic amines is 1. The Bertz CT molecular complexity index is 1160. The van der Waals surface area contributed by atoms with Crippen molar-refractivity contribution in [3.05, 3.63) is 56.5 Å². The minimum Gasteiger partial charge on any atom is -0.389 e. The summed E-state index contributed by atoms with van der Waals surface area (Å²) in [4.78, 5) is 30.8. The number of ether oxygens (including phenoxy) is 1. The van der Waals surface area contributed by atoms with Gasteiger partial charge in [-0.15, -0.1) is 0 Å². The van der Waals surface area contributed by atoms with Crippen LogP contribution in [0.1, 0.15) is 19.4 Å². The number of aryl methyl sites for hydroxylation is 1.